The number of hydrogen-bond donors (Lipinski definition) is 0. The molecule has 1 saturated heterocycles. The maximum absolute atomic E-state index is 12.9. The molecule has 26 heavy (non-hydrogen) atoms. The molecular weight excluding hydrogens is 346 g/mol. The van der Waals surface area contributed by atoms with Gasteiger partial charge in [0.2, 0.25) is 0 Å². The maximum atomic E-state index is 12.9. The molecule has 0 saturated carbocycles. The van der Waals surface area contributed by atoms with Crippen molar-refractivity contribution in [2.45, 2.75) is 57.4 Å². The Labute approximate surface area is 164 Å². The number of rotatable bonds is 7. The first-order valence-electron chi connectivity index (χ1n) is 9.92. The highest BCUT2D eigenvalue weighted by molar-refractivity contribution is 5.85. The molecule has 1 fully saturated rings. The smallest absolute Gasteiger partial charge is 0.314 e. The summed E-state index contributed by atoms with van der Waals surface area (Å²) in [5.74, 6) is 0.0344. The predicted octanol–water partition coefficient (Wildman–Crippen LogP) is 4.97. The Morgan fingerprint density at radius 2 is 2.04 bits per heavy atom. The zero-order valence-electron chi connectivity index (χ0n) is 15.8. The van der Waals surface area contributed by atoms with Gasteiger partial charge in [-0.3, -0.25) is 9.69 Å². The van der Waals surface area contributed by atoms with Gasteiger partial charge in [0, 0.05) is 12.6 Å². The maximum Gasteiger partial charge on any atom is 0.314 e. The molecule has 0 bridgehead atoms. The fraction of sp³-hybridized carbons (Fsp3) is 0.591. The van der Waals surface area contributed by atoms with Crippen LogP contribution in [0.25, 0.3) is 0 Å². The zero-order chi connectivity index (χ0) is 17.5. The topological polar surface area (TPSA) is 29.5 Å². The van der Waals surface area contributed by atoms with Crippen LogP contribution in [0.4, 0.5) is 0 Å². The molecular formula is C22H32ClNO2. The van der Waals surface area contributed by atoms with Gasteiger partial charge >= 0.3 is 5.97 Å². The molecule has 3 atom stereocenters. The van der Waals surface area contributed by atoms with E-state index in [9.17, 15) is 4.79 Å². The van der Waals surface area contributed by atoms with E-state index in [1.807, 2.05) is 18.2 Å². The van der Waals surface area contributed by atoms with Crippen molar-refractivity contribution in [2.24, 2.45) is 5.92 Å². The van der Waals surface area contributed by atoms with E-state index in [1.165, 1.54) is 19.3 Å². The number of nitrogens with zero attached hydrogens (tertiary/aromatic N) is 1. The Kier molecular flexibility index (Phi) is 8.67. The van der Waals surface area contributed by atoms with Crippen molar-refractivity contribution >= 4 is 18.4 Å². The van der Waals surface area contributed by atoms with Crippen LogP contribution in [0.1, 0.15) is 56.9 Å². The minimum atomic E-state index is -0.168. The van der Waals surface area contributed by atoms with Crippen LogP contribution < -0.4 is 0 Å². The molecule has 3 nitrogen and oxygen atoms in total. The lowest BCUT2D eigenvalue weighted by Gasteiger charge is -2.27. The van der Waals surface area contributed by atoms with Gasteiger partial charge in [-0.15, -0.1) is 12.4 Å². The third kappa shape index (κ3) is 5.34. The van der Waals surface area contributed by atoms with E-state index in [0.29, 0.717) is 12.6 Å². The minimum Gasteiger partial charge on any atom is -0.464 e. The van der Waals surface area contributed by atoms with Gasteiger partial charge in [-0.2, -0.15) is 0 Å². The van der Waals surface area contributed by atoms with Crippen LogP contribution in [0, 0.1) is 5.92 Å². The van der Waals surface area contributed by atoms with Gasteiger partial charge in [0.05, 0.1) is 5.92 Å². The van der Waals surface area contributed by atoms with Crippen LogP contribution in [0.15, 0.2) is 42.5 Å². The number of esters is 1. The van der Waals surface area contributed by atoms with Gasteiger partial charge in [0.15, 0.2) is 0 Å². The average Bonchev–Trinajstić information content (AvgIpc) is 3.11. The second-order valence-electron chi connectivity index (χ2n) is 7.32. The predicted molar refractivity (Wildman–Crippen MR) is 109 cm³/mol. The first kappa shape index (κ1) is 21.0. The van der Waals surface area contributed by atoms with E-state index in [1.54, 1.807) is 0 Å². The molecule has 3 rings (SSSR count). The molecule has 0 aromatic heterocycles. The number of allylic oxidation sites excluding steroid dienone is 2. The molecule has 1 heterocycles. The van der Waals surface area contributed by atoms with Crippen molar-refractivity contribution in [3.05, 3.63) is 48.0 Å². The summed E-state index contributed by atoms with van der Waals surface area (Å²) < 4.78 is 5.75. The largest absolute Gasteiger partial charge is 0.464 e. The highest BCUT2D eigenvalue weighted by atomic mass is 35.5. The minimum absolute atomic E-state index is 0. The summed E-state index contributed by atoms with van der Waals surface area (Å²) in [5, 5.41) is 0. The molecule has 3 unspecified atom stereocenters. The number of hydrogen-bond acceptors (Lipinski definition) is 3. The number of likely N-dealkylation sites (tertiary alicyclic amines) is 1. The third-order valence-corrected chi connectivity index (χ3v) is 5.73. The molecule has 1 aliphatic carbocycles. The molecule has 1 aromatic rings. The van der Waals surface area contributed by atoms with Gasteiger partial charge in [-0.1, -0.05) is 49.4 Å². The fourth-order valence-electron chi connectivity index (χ4n) is 4.34. The number of carbonyl (C=O) groups excluding carboxylic acids is 1. The fourth-order valence-corrected chi connectivity index (χ4v) is 4.34. The second-order valence-corrected chi connectivity index (χ2v) is 7.32. The lowest BCUT2D eigenvalue weighted by Crippen LogP contribution is -2.33. The van der Waals surface area contributed by atoms with E-state index in [2.05, 4.69) is 36.1 Å². The lowest BCUT2D eigenvalue weighted by molar-refractivity contribution is -0.147. The first-order valence-corrected chi connectivity index (χ1v) is 9.92. The van der Waals surface area contributed by atoms with Gasteiger partial charge < -0.3 is 4.74 Å². The van der Waals surface area contributed by atoms with Crippen molar-refractivity contribution in [1.82, 2.24) is 4.90 Å². The molecule has 1 aliphatic heterocycles. The second kappa shape index (κ2) is 10.7. The molecule has 4 heteroatoms. The van der Waals surface area contributed by atoms with E-state index in [4.69, 9.17) is 4.74 Å². The van der Waals surface area contributed by atoms with E-state index < -0.39 is 0 Å². The summed E-state index contributed by atoms with van der Waals surface area (Å²) in [6.07, 6.45) is 11.5. The van der Waals surface area contributed by atoms with Crippen LogP contribution in [0.3, 0.4) is 0 Å². The SMILES string of the molecule is CCC1CCCN1CCOC(=O)C(c1ccccc1)C1C=CCCC1.Cl. The van der Waals surface area contributed by atoms with Crippen molar-refractivity contribution in [2.75, 3.05) is 19.7 Å². The van der Waals surface area contributed by atoms with E-state index >= 15 is 0 Å². The van der Waals surface area contributed by atoms with Crippen LogP contribution in [0.2, 0.25) is 0 Å². The monoisotopic (exact) mass is 377 g/mol. The van der Waals surface area contributed by atoms with Crippen LogP contribution in [-0.4, -0.2) is 36.6 Å². The Bertz CT molecular complexity index is 575. The quantitative estimate of drug-likeness (QED) is 0.496. The summed E-state index contributed by atoms with van der Waals surface area (Å²) in [4.78, 5) is 15.4. The van der Waals surface area contributed by atoms with Crippen molar-refractivity contribution in [3.8, 4) is 0 Å². The molecule has 0 N–H and O–H groups in total. The molecule has 1 aromatic carbocycles. The van der Waals surface area contributed by atoms with Crippen molar-refractivity contribution in [3.63, 3.8) is 0 Å². The van der Waals surface area contributed by atoms with Crippen LogP contribution in [-0.2, 0) is 9.53 Å². The molecule has 144 valence electrons. The van der Waals surface area contributed by atoms with E-state index in [-0.39, 0.29) is 30.2 Å². The number of ether oxygens (including phenoxy) is 1. The van der Waals surface area contributed by atoms with Gasteiger partial charge in [-0.05, 0) is 56.6 Å². The lowest BCUT2D eigenvalue weighted by atomic mass is 9.80. The zero-order valence-corrected chi connectivity index (χ0v) is 16.6. The normalized spacial score (nSPS) is 24.0. The number of halogens is 1. The van der Waals surface area contributed by atoms with E-state index in [0.717, 1.165) is 37.9 Å². The Hall–Kier alpha value is -1.32. The Morgan fingerprint density at radius 1 is 1.23 bits per heavy atom. The average molecular weight is 378 g/mol. The summed E-state index contributed by atoms with van der Waals surface area (Å²) in [5.41, 5.74) is 1.08. The third-order valence-electron chi connectivity index (χ3n) is 5.73. The van der Waals surface area contributed by atoms with Crippen LogP contribution >= 0.6 is 12.4 Å². The van der Waals surface area contributed by atoms with Gasteiger partial charge in [-0.25, -0.2) is 0 Å². The molecule has 2 aliphatic rings. The molecule has 0 spiro atoms. The highest BCUT2D eigenvalue weighted by Crippen LogP contribution is 2.33. The standard InChI is InChI=1S/C22H31NO2.ClH/c1-2-20-14-9-15-23(20)16-17-25-22(24)21(18-10-5-3-6-11-18)19-12-7-4-8-13-19;/h3,5-7,10-12,19-21H,2,4,8-9,13-17H2,1H3;1H. The van der Waals surface area contributed by atoms with Crippen molar-refractivity contribution in [1.29, 1.82) is 0 Å². The van der Waals surface area contributed by atoms with Gasteiger partial charge in [0.25, 0.3) is 0 Å². The Balaban J connectivity index is 0.00000243. The van der Waals surface area contributed by atoms with Crippen molar-refractivity contribution < 1.29 is 9.53 Å². The Morgan fingerprint density at radius 3 is 2.73 bits per heavy atom. The number of benzene rings is 1. The molecule has 0 amide bonds. The van der Waals surface area contributed by atoms with Gasteiger partial charge in [0.1, 0.15) is 6.61 Å². The number of carbonyl (C=O) groups is 1. The summed E-state index contributed by atoms with van der Waals surface area (Å²) in [7, 11) is 0. The highest BCUT2D eigenvalue weighted by Gasteiger charge is 2.31. The first-order chi connectivity index (χ1) is 12.3. The summed E-state index contributed by atoms with van der Waals surface area (Å²) >= 11 is 0. The summed E-state index contributed by atoms with van der Waals surface area (Å²) in [6.45, 7) is 4.76. The molecule has 0 radical (unpaired) electrons. The summed E-state index contributed by atoms with van der Waals surface area (Å²) in [6, 6.07) is 10.8. The van der Waals surface area contributed by atoms with Crippen LogP contribution in [0.5, 0.6) is 0 Å².